The summed E-state index contributed by atoms with van der Waals surface area (Å²) in [7, 11) is 1.71. The van der Waals surface area contributed by atoms with E-state index in [1.54, 1.807) is 43.0 Å². The summed E-state index contributed by atoms with van der Waals surface area (Å²) in [5.41, 5.74) is 7.58. The second-order valence-electron chi connectivity index (χ2n) is 8.17. The second kappa shape index (κ2) is 8.60. The maximum absolute atomic E-state index is 13.1. The number of fused-ring (bicyclic) bond motifs is 2. The zero-order valence-corrected chi connectivity index (χ0v) is 18.5. The Morgan fingerprint density at radius 1 is 1.21 bits per heavy atom. The van der Waals surface area contributed by atoms with E-state index in [2.05, 4.69) is 37.7 Å². The SMILES string of the molecule is CC(=O)NC1(C)CCC1.CNc1nc(N)nn2ccc(-c3ccn4ncc(C(F)F)c4n3)c12. The van der Waals surface area contributed by atoms with Crippen molar-refractivity contribution < 1.29 is 13.6 Å². The van der Waals surface area contributed by atoms with Gasteiger partial charge in [0, 0.05) is 37.5 Å². The molecule has 10 nitrogen and oxygen atoms in total. The average molecular weight is 457 g/mol. The number of aromatic nitrogens is 6. The van der Waals surface area contributed by atoms with Crippen LogP contribution < -0.4 is 16.4 Å². The number of hydrogen-bond acceptors (Lipinski definition) is 7. The Morgan fingerprint density at radius 2 is 1.94 bits per heavy atom. The molecular weight excluding hydrogens is 432 g/mol. The van der Waals surface area contributed by atoms with Crippen LogP contribution in [0.5, 0.6) is 0 Å². The van der Waals surface area contributed by atoms with Crippen LogP contribution in [0.2, 0.25) is 0 Å². The summed E-state index contributed by atoms with van der Waals surface area (Å²) in [6, 6.07) is 3.47. The van der Waals surface area contributed by atoms with E-state index in [0.29, 0.717) is 22.6 Å². The van der Waals surface area contributed by atoms with Gasteiger partial charge in [0.15, 0.2) is 11.5 Å². The van der Waals surface area contributed by atoms with Crippen LogP contribution in [0.25, 0.3) is 22.4 Å². The number of nitrogen functional groups attached to an aromatic ring is 1. The normalized spacial score (nSPS) is 14.6. The number of anilines is 2. The van der Waals surface area contributed by atoms with Gasteiger partial charge in [0.2, 0.25) is 11.9 Å². The molecule has 0 saturated heterocycles. The number of carbonyl (C=O) groups is 1. The predicted octanol–water partition coefficient (Wildman–Crippen LogP) is 3.07. The summed E-state index contributed by atoms with van der Waals surface area (Å²) in [5, 5.41) is 13.9. The topological polar surface area (TPSA) is 128 Å². The molecule has 0 aliphatic heterocycles. The van der Waals surface area contributed by atoms with E-state index in [4.69, 9.17) is 5.73 Å². The fraction of sp³-hybridized carbons (Fsp3) is 0.381. The lowest BCUT2D eigenvalue weighted by Crippen LogP contribution is -2.50. The Kier molecular flexibility index (Phi) is 5.83. The highest BCUT2D eigenvalue weighted by atomic mass is 19.3. The van der Waals surface area contributed by atoms with Gasteiger partial charge in [-0.25, -0.2) is 22.8 Å². The minimum Gasteiger partial charge on any atom is -0.371 e. The first-order valence-corrected chi connectivity index (χ1v) is 10.4. The first-order valence-electron chi connectivity index (χ1n) is 10.4. The molecule has 0 bridgehead atoms. The number of nitrogens with one attached hydrogen (secondary N) is 2. The summed E-state index contributed by atoms with van der Waals surface area (Å²) in [4.78, 5) is 19.0. The lowest BCUT2D eigenvalue weighted by Gasteiger charge is -2.38. The van der Waals surface area contributed by atoms with Gasteiger partial charge in [-0.1, -0.05) is 0 Å². The third kappa shape index (κ3) is 4.41. The van der Waals surface area contributed by atoms with Gasteiger partial charge < -0.3 is 16.4 Å². The summed E-state index contributed by atoms with van der Waals surface area (Å²) in [5.74, 6) is 0.733. The Labute approximate surface area is 188 Å². The molecule has 0 aromatic carbocycles. The highest BCUT2D eigenvalue weighted by Crippen LogP contribution is 2.31. The quantitative estimate of drug-likeness (QED) is 0.430. The second-order valence-corrected chi connectivity index (χ2v) is 8.17. The molecule has 4 N–H and O–H groups in total. The fourth-order valence-corrected chi connectivity index (χ4v) is 3.87. The van der Waals surface area contributed by atoms with Crippen LogP contribution in [0.15, 0.2) is 30.7 Å². The molecule has 1 aliphatic rings. The van der Waals surface area contributed by atoms with E-state index < -0.39 is 6.43 Å². The monoisotopic (exact) mass is 457 g/mol. The number of nitrogens with zero attached hydrogens (tertiary/aromatic N) is 6. The van der Waals surface area contributed by atoms with Gasteiger partial charge in [-0.3, -0.25) is 4.79 Å². The number of carbonyl (C=O) groups excluding carboxylic acids is 1. The molecule has 1 amide bonds. The predicted molar refractivity (Wildman–Crippen MR) is 120 cm³/mol. The smallest absolute Gasteiger partial charge is 0.269 e. The van der Waals surface area contributed by atoms with Crippen LogP contribution in [-0.4, -0.2) is 47.7 Å². The molecule has 1 fully saturated rings. The Morgan fingerprint density at radius 3 is 2.52 bits per heavy atom. The highest BCUT2D eigenvalue weighted by Gasteiger charge is 2.31. The molecule has 4 aromatic rings. The van der Waals surface area contributed by atoms with Crippen LogP contribution >= 0.6 is 0 Å². The number of halogens is 2. The van der Waals surface area contributed by atoms with Crippen molar-refractivity contribution >= 4 is 28.8 Å². The van der Waals surface area contributed by atoms with E-state index in [9.17, 15) is 13.6 Å². The van der Waals surface area contributed by atoms with Gasteiger partial charge in [-0.05, 0) is 38.3 Å². The summed E-state index contributed by atoms with van der Waals surface area (Å²) >= 11 is 0. The third-order valence-corrected chi connectivity index (χ3v) is 5.61. The molecule has 1 aliphatic carbocycles. The molecule has 0 radical (unpaired) electrons. The zero-order chi connectivity index (χ0) is 23.8. The lowest BCUT2D eigenvalue weighted by atomic mass is 9.78. The maximum Gasteiger partial charge on any atom is 0.269 e. The number of hydrogen-bond donors (Lipinski definition) is 3. The van der Waals surface area contributed by atoms with Gasteiger partial charge in [-0.2, -0.15) is 10.1 Å². The largest absolute Gasteiger partial charge is 0.371 e. The van der Waals surface area contributed by atoms with E-state index in [0.717, 1.165) is 19.0 Å². The average Bonchev–Trinajstić information content (AvgIpc) is 3.35. The van der Waals surface area contributed by atoms with E-state index in [1.165, 1.54) is 10.9 Å². The van der Waals surface area contributed by atoms with Crippen molar-refractivity contribution in [3.05, 3.63) is 36.3 Å². The van der Waals surface area contributed by atoms with Crippen molar-refractivity contribution in [3.8, 4) is 11.3 Å². The van der Waals surface area contributed by atoms with Crippen LogP contribution in [0.4, 0.5) is 20.5 Å². The van der Waals surface area contributed by atoms with Crippen molar-refractivity contribution in [3.63, 3.8) is 0 Å². The number of nitrogens with two attached hydrogens (primary N) is 1. The molecule has 33 heavy (non-hydrogen) atoms. The number of amides is 1. The minimum absolute atomic E-state index is 0.0946. The van der Waals surface area contributed by atoms with Gasteiger partial charge in [-0.15, -0.1) is 5.10 Å². The van der Waals surface area contributed by atoms with Crippen molar-refractivity contribution in [2.45, 2.75) is 45.1 Å². The lowest BCUT2D eigenvalue weighted by molar-refractivity contribution is -0.121. The van der Waals surface area contributed by atoms with Gasteiger partial charge >= 0.3 is 0 Å². The summed E-state index contributed by atoms with van der Waals surface area (Å²) in [6.45, 7) is 3.67. The summed E-state index contributed by atoms with van der Waals surface area (Å²) < 4.78 is 29.0. The highest BCUT2D eigenvalue weighted by molar-refractivity contribution is 5.87. The molecule has 5 rings (SSSR count). The molecule has 0 spiro atoms. The van der Waals surface area contributed by atoms with E-state index in [1.807, 2.05) is 0 Å². The van der Waals surface area contributed by atoms with Gasteiger partial charge in [0.25, 0.3) is 6.43 Å². The van der Waals surface area contributed by atoms with Gasteiger partial charge in [0.05, 0.1) is 17.5 Å². The van der Waals surface area contributed by atoms with Crippen molar-refractivity contribution in [1.29, 1.82) is 0 Å². The van der Waals surface area contributed by atoms with Crippen LogP contribution in [-0.2, 0) is 4.79 Å². The molecule has 4 aromatic heterocycles. The third-order valence-electron chi connectivity index (χ3n) is 5.61. The van der Waals surface area contributed by atoms with E-state index in [-0.39, 0.29) is 28.6 Å². The standard InChI is InChI=1S/C14H12F2N8.C7H13NO/c1-18-12-10-7(2-4-23(10)22-14(17)21-12)9-3-5-24-13(20-9)8(6-19-24)11(15)16;1-6(9)8-7(2)4-3-5-7/h2-6,11H,1H3,(H3,17,18,21,22);3-5H2,1-2H3,(H,8,9). The number of alkyl halides is 2. The molecule has 1 saturated carbocycles. The zero-order valence-electron chi connectivity index (χ0n) is 18.5. The molecule has 0 unspecified atom stereocenters. The number of rotatable bonds is 4. The van der Waals surface area contributed by atoms with Crippen molar-refractivity contribution in [2.75, 3.05) is 18.1 Å². The summed E-state index contributed by atoms with van der Waals surface area (Å²) in [6.07, 6.45) is 5.32. The van der Waals surface area contributed by atoms with Crippen LogP contribution in [0.1, 0.15) is 45.1 Å². The van der Waals surface area contributed by atoms with E-state index >= 15 is 0 Å². The van der Waals surface area contributed by atoms with Gasteiger partial charge in [0.1, 0.15) is 5.52 Å². The van der Waals surface area contributed by atoms with Crippen LogP contribution in [0.3, 0.4) is 0 Å². The molecule has 174 valence electrons. The molecule has 0 atom stereocenters. The Hall–Kier alpha value is -3.83. The first-order chi connectivity index (χ1) is 15.7. The maximum atomic E-state index is 13.1. The molecule has 4 heterocycles. The van der Waals surface area contributed by atoms with Crippen molar-refractivity contribution in [1.82, 2.24) is 34.5 Å². The fourth-order valence-electron chi connectivity index (χ4n) is 3.87. The van der Waals surface area contributed by atoms with Crippen molar-refractivity contribution in [2.24, 2.45) is 0 Å². The van der Waals surface area contributed by atoms with Crippen LogP contribution in [0, 0.1) is 0 Å². The first kappa shape index (κ1) is 22.4. The minimum atomic E-state index is -2.65. The molecular formula is C21H25F2N9O. The Bertz CT molecular complexity index is 1310. The Balaban J connectivity index is 0.000000243. The molecule has 12 heteroatoms.